The number of anilines is 3. The van der Waals surface area contributed by atoms with Gasteiger partial charge in [0.25, 0.3) is 0 Å². The quantitative estimate of drug-likeness (QED) is 0.163. The zero-order valence-corrected chi connectivity index (χ0v) is 33.7. The van der Waals surface area contributed by atoms with Gasteiger partial charge in [0.1, 0.15) is 0 Å². The Balaban J connectivity index is 1.06. The van der Waals surface area contributed by atoms with Crippen LogP contribution in [0.2, 0.25) is 0 Å². The van der Waals surface area contributed by atoms with E-state index in [0.717, 1.165) is 23.5 Å². The Hall–Kier alpha value is -7.74. The Morgan fingerprint density at radius 2 is 0.869 bits per heavy atom. The molecule has 1 heteroatoms. The lowest BCUT2D eigenvalue weighted by atomic mass is 9.69. The molecule has 286 valence electrons. The molecule has 12 rings (SSSR count). The third-order valence-corrected chi connectivity index (χ3v) is 13.2. The molecule has 0 saturated carbocycles. The topological polar surface area (TPSA) is 3.24 Å². The molecule has 0 saturated heterocycles. The Morgan fingerprint density at radius 3 is 1.49 bits per heavy atom. The van der Waals surface area contributed by atoms with E-state index in [0.29, 0.717) is 0 Å². The molecule has 3 aliphatic carbocycles. The van der Waals surface area contributed by atoms with Gasteiger partial charge in [-0.1, -0.05) is 206 Å². The maximum atomic E-state index is 2.42. The second kappa shape index (κ2) is 14.2. The second-order valence-corrected chi connectivity index (χ2v) is 16.3. The standard InChI is InChI=1S/C60H41N/c1-4-17-41(18-5-1)43-31-35-45(36-32-43)61(46-37-33-44(34-38-46)42-19-6-2-7-20-42)58-40-39-48(47-21-10-11-24-51(47)58)52-26-16-30-57-59(52)53-25-8-3-9-27-56(53)60(57)54-28-14-12-22-49(54)50-23-13-15-29-55(50)60/h1-24,26-40H,25H2. The first-order chi connectivity index (χ1) is 30.3. The Morgan fingerprint density at radius 1 is 0.361 bits per heavy atom. The van der Waals surface area contributed by atoms with E-state index in [-0.39, 0.29) is 5.41 Å². The molecule has 0 N–H and O–H groups in total. The van der Waals surface area contributed by atoms with Gasteiger partial charge in [0.05, 0.1) is 11.1 Å². The van der Waals surface area contributed by atoms with E-state index in [1.54, 1.807) is 0 Å². The lowest BCUT2D eigenvalue weighted by Gasteiger charge is -2.32. The van der Waals surface area contributed by atoms with Crippen LogP contribution >= 0.6 is 0 Å². The van der Waals surface area contributed by atoms with Crippen molar-refractivity contribution in [3.63, 3.8) is 0 Å². The normalized spacial score (nSPS) is 14.1. The van der Waals surface area contributed by atoms with Gasteiger partial charge in [-0.3, -0.25) is 0 Å². The fraction of sp³-hybridized carbons (Fsp3) is 0.0333. The number of rotatable bonds is 6. The van der Waals surface area contributed by atoms with Crippen LogP contribution in [-0.4, -0.2) is 0 Å². The number of benzene rings is 9. The summed E-state index contributed by atoms with van der Waals surface area (Å²) in [4.78, 5) is 2.42. The van der Waals surface area contributed by atoms with Gasteiger partial charge in [0.2, 0.25) is 0 Å². The second-order valence-electron chi connectivity index (χ2n) is 16.3. The average Bonchev–Trinajstić information content (AvgIpc) is 3.64. The van der Waals surface area contributed by atoms with Crippen LogP contribution in [0.1, 0.15) is 28.7 Å². The SMILES string of the molecule is C1=CCC2=C(C=C1)C1(c3ccccc3-c3ccccc31)c1cccc(-c3ccc(N(c4ccc(-c5ccccc5)cc4)c4ccc(-c5ccccc5)cc4)c4ccccc34)c12. The summed E-state index contributed by atoms with van der Waals surface area (Å²) in [7, 11) is 0. The van der Waals surface area contributed by atoms with Crippen molar-refractivity contribution < 1.29 is 0 Å². The summed E-state index contributed by atoms with van der Waals surface area (Å²) in [5.74, 6) is 0. The molecule has 0 fully saturated rings. The third-order valence-electron chi connectivity index (χ3n) is 13.2. The van der Waals surface area contributed by atoms with Crippen LogP contribution in [0.4, 0.5) is 17.1 Å². The predicted octanol–water partition coefficient (Wildman–Crippen LogP) is 15.9. The van der Waals surface area contributed by atoms with E-state index in [9.17, 15) is 0 Å². The van der Waals surface area contributed by atoms with Crippen LogP contribution in [-0.2, 0) is 5.41 Å². The first-order valence-electron chi connectivity index (χ1n) is 21.3. The van der Waals surface area contributed by atoms with Gasteiger partial charge in [-0.2, -0.15) is 0 Å². The molecule has 0 aromatic heterocycles. The highest BCUT2D eigenvalue weighted by Crippen LogP contribution is 2.64. The number of hydrogen-bond donors (Lipinski definition) is 0. The molecule has 3 aliphatic rings. The van der Waals surface area contributed by atoms with Crippen LogP contribution < -0.4 is 4.90 Å². The van der Waals surface area contributed by atoms with Crippen molar-refractivity contribution in [3.8, 4) is 44.5 Å². The molecule has 0 atom stereocenters. The van der Waals surface area contributed by atoms with Crippen molar-refractivity contribution in [1.82, 2.24) is 0 Å². The van der Waals surface area contributed by atoms with Gasteiger partial charge < -0.3 is 4.90 Å². The Kier molecular flexibility index (Phi) is 8.21. The number of nitrogens with zero attached hydrogens (tertiary/aromatic N) is 1. The molecule has 0 aliphatic heterocycles. The molecule has 9 aromatic carbocycles. The maximum absolute atomic E-state index is 2.42. The van der Waals surface area contributed by atoms with Gasteiger partial charge in [-0.15, -0.1) is 0 Å². The number of allylic oxidation sites excluding steroid dienone is 6. The monoisotopic (exact) mass is 775 g/mol. The van der Waals surface area contributed by atoms with Crippen LogP contribution in [0.25, 0.3) is 60.9 Å². The van der Waals surface area contributed by atoms with E-state index in [2.05, 4.69) is 242 Å². The summed E-state index contributed by atoms with van der Waals surface area (Å²) >= 11 is 0. The van der Waals surface area contributed by atoms with Crippen LogP contribution in [0.3, 0.4) is 0 Å². The molecule has 9 aromatic rings. The minimum Gasteiger partial charge on any atom is -0.310 e. The summed E-state index contributed by atoms with van der Waals surface area (Å²) < 4.78 is 0. The zero-order valence-electron chi connectivity index (χ0n) is 33.7. The van der Waals surface area contributed by atoms with Crippen molar-refractivity contribution in [2.45, 2.75) is 11.8 Å². The van der Waals surface area contributed by atoms with E-state index in [1.165, 1.54) is 88.7 Å². The van der Waals surface area contributed by atoms with E-state index in [4.69, 9.17) is 0 Å². The molecule has 0 amide bonds. The highest BCUT2D eigenvalue weighted by Gasteiger charge is 2.52. The Bertz CT molecular complexity index is 3110. The van der Waals surface area contributed by atoms with Crippen molar-refractivity contribution in [2.75, 3.05) is 4.90 Å². The third kappa shape index (κ3) is 5.41. The summed E-state index contributed by atoms with van der Waals surface area (Å²) in [6, 6.07) is 78.2. The molecule has 0 heterocycles. The molecular formula is C60H41N. The Labute approximate surface area is 357 Å². The fourth-order valence-corrected chi connectivity index (χ4v) is 10.6. The van der Waals surface area contributed by atoms with Gasteiger partial charge in [0, 0.05) is 16.8 Å². The zero-order chi connectivity index (χ0) is 40.3. The smallest absolute Gasteiger partial charge is 0.0722 e. The van der Waals surface area contributed by atoms with Crippen molar-refractivity contribution in [2.24, 2.45) is 0 Å². The highest BCUT2D eigenvalue weighted by molar-refractivity contribution is 6.09. The molecule has 61 heavy (non-hydrogen) atoms. The predicted molar refractivity (Wildman–Crippen MR) is 257 cm³/mol. The maximum Gasteiger partial charge on any atom is 0.0722 e. The fourth-order valence-electron chi connectivity index (χ4n) is 10.6. The van der Waals surface area contributed by atoms with Crippen molar-refractivity contribution in [3.05, 3.63) is 264 Å². The van der Waals surface area contributed by atoms with Gasteiger partial charge in [-0.05, 0) is 120 Å². The summed E-state index contributed by atoms with van der Waals surface area (Å²) in [5.41, 5.74) is 21.3. The number of hydrogen-bond acceptors (Lipinski definition) is 1. The number of fused-ring (bicyclic) bond motifs is 10. The lowest BCUT2D eigenvalue weighted by Crippen LogP contribution is -2.26. The molecule has 0 bridgehead atoms. The van der Waals surface area contributed by atoms with E-state index < -0.39 is 0 Å². The minimum absolute atomic E-state index is 0.388. The molecule has 1 spiro atoms. The molecular weight excluding hydrogens is 735 g/mol. The van der Waals surface area contributed by atoms with Crippen molar-refractivity contribution >= 4 is 33.4 Å². The lowest BCUT2D eigenvalue weighted by molar-refractivity contribution is 0.786. The first-order valence-corrected chi connectivity index (χ1v) is 21.3. The largest absolute Gasteiger partial charge is 0.310 e. The van der Waals surface area contributed by atoms with Crippen LogP contribution in [0, 0.1) is 0 Å². The minimum atomic E-state index is -0.388. The first kappa shape index (κ1) is 35.2. The molecule has 0 unspecified atom stereocenters. The summed E-state index contributed by atoms with van der Waals surface area (Å²) in [6.07, 6.45) is 10.1. The molecule has 0 radical (unpaired) electrons. The van der Waals surface area contributed by atoms with E-state index in [1.807, 2.05) is 0 Å². The van der Waals surface area contributed by atoms with Crippen LogP contribution in [0.5, 0.6) is 0 Å². The summed E-state index contributed by atoms with van der Waals surface area (Å²) in [6.45, 7) is 0. The average molecular weight is 776 g/mol. The van der Waals surface area contributed by atoms with Crippen molar-refractivity contribution in [1.29, 1.82) is 0 Å². The van der Waals surface area contributed by atoms with Crippen LogP contribution in [0.15, 0.2) is 242 Å². The highest BCUT2D eigenvalue weighted by atomic mass is 15.1. The summed E-state index contributed by atoms with van der Waals surface area (Å²) in [5, 5.41) is 2.44. The molecule has 1 nitrogen and oxygen atoms in total. The van der Waals surface area contributed by atoms with Gasteiger partial charge in [-0.25, -0.2) is 0 Å². The van der Waals surface area contributed by atoms with Gasteiger partial charge >= 0.3 is 0 Å². The van der Waals surface area contributed by atoms with E-state index >= 15 is 0 Å². The van der Waals surface area contributed by atoms with Gasteiger partial charge in [0.15, 0.2) is 0 Å².